The molecule has 0 bridgehead atoms. The van der Waals surface area contributed by atoms with Crippen LogP contribution in [0.3, 0.4) is 0 Å². The zero-order chi connectivity index (χ0) is 22.6. The van der Waals surface area contributed by atoms with Crippen LogP contribution in [0.4, 0.5) is 13.2 Å². The Morgan fingerprint density at radius 3 is 2.88 bits per heavy atom. The van der Waals surface area contributed by atoms with Gasteiger partial charge in [0.15, 0.2) is 17.3 Å². The molecule has 2 atom stereocenters. The number of hydrogen-bond donors (Lipinski definition) is 2. The molecule has 0 aliphatic carbocycles. The van der Waals surface area contributed by atoms with Crippen molar-refractivity contribution in [1.82, 2.24) is 24.8 Å². The fourth-order valence-electron chi connectivity index (χ4n) is 3.74. The molecule has 2 N–H and O–H groups in total. The van der Waals surface area contributed by atoms with E-state index in [-0.39, 0.29) is 18.0 Å². The van der Waals surface area contributed by atoms with E-state index in [1.165, 1.54) is 36.4 Å². The second kappa shape index (κ2) is 7.48. The third-order valence-electron chi connectivity index (χ3n) is 5.21. The number of carbonyl (C=O) groups excluding carboxylic acids is 1. The maximum Gasteiger partial charge on any atom is 0.292 e. The molecule has 4 heterocycles. The lowest BCUT2D eigenvalue weighted by molar-refractivity contribution is 0.0612. The molecule has 1 aromatic carbocycles. The van der Waals surface area contributed by atoms with E-state index < -0.39 is 47.6 Å². The molecule has 12 heteroatoms. The molecule has 4 aromatic rings. The first-order chi connectivity index (χ1) is 15.3. The molecule has 1 aliphatic rings. The minimum atomic E-state index is -3.10. The van der Waals surface area contributed by atoms with Gasteiger partial charge in [-0.05, 0) is 19.1 Å². The van der Waals surface area contributed by atoms with Gasteiger partial charge in [0.25, 0.3) is 12.3 Å². The largest absolute Gasteiger partial charge is 0.438 e. The number of amides is 1. The van der Waals surface area contributed by atoms with Crippen LogP contribution in [-0.4, -0.2) is 42.4 Å². The molecule has 3 aromatic heterocycles. The normalized spacial score (nSPS) is 17.2. The highest BCUT2D eigenvalue weighted by molar-refractivity contribution is 5.93. The van der Waals surface area contributed by atoms with E-state index in [9.17, 15) is 23.1 Å². The lowest BCUT2D eigenvalue weighted by Crippen LogP contribution is -2.41. The highest BCUT2D eigenvalue weighted by Gasteiger charge is 2.41. The van der Waals surface area contributed by atoms with Crippen LogP contribution < -0.4 is 0 Å². The number of nitrogens with zero attached hydrogens (tertiary/aromatic N) is 4. The first-order valence-corrected chi connectivity index (χ1v) is 9.69. The van der Waals surface area contributed by atoms with Crippen molar-refractivity contribution in [2.24, 2.45) is 0 Å². The predicted octanol–water partition coefficient (Wildman–Crippen LogP) is 3.46. The Bertz CT molecular complexity index is 1310. The topological polar surface area (TPSA) is 121 Å². The summed E-state index contributed by atoms with van der Waals surface area (Å²) in [4.78, 5) is 29.7. The van der Waals surface area contributed by atoms with Gasteiger partial charge in [0.05, 0.1) is 12.0 Å². The minimum Gasteiger partial charge on any atom is -0.438 e. The lowest BCUT2D eigenvalue weighted by atomic mass is 10.0. The average Bonchev–Trinajstić information content (AvgIpc) is 3.48. The second-order valence-electron chi connectivity index (χ2n) is 7.32. The second-order valence-corrected chi connectivity index (χ2v) is 7.32. The summed E-state index contributed by atoms with van der Waals surface area (Å²) in [5, 5.41) is 9.67. The molecule has 0 radical (unpaired) electrons. The van der Waals surface area contributed by atoms with Gasteiger partial charge in [0, 0.05) is 24.7 Å². The predicted molar refractivity (Wildman–Crippen MR) is 101 cm³/mol. The average molecular weight is 447 g/mol. The smallest absolute Gasteiger partial charge is 0.292 e. The van der Waals surface area contributed by atoms with Crippen molar-refractivity contribution in [3.63, 3.8) is 0 Å². The van der Waals surface area contributed by atoms with Crippen molar-refractivity contribution in [3.05, 3.63) is 65.0 Å². The maximum atomic E-state index is 13.6. The number of oxazole rings is 2. The Morgan fingerprint density at radius 1 is 1.31 bits per heavy atom. The number of rotatable bonds is 4. The van der Waals surface area contributed by atoms with E-state index in [1.54, 1.807) is 0 Å². The number of halogens is 3. The molecule has 1 aliphatic heterocycles. The van der Waals surface area contributed by atoms with E-state index in [4.69, 9.17) is 8.83 Å². The molecular formula is C20H16F3N5O4. The molecule has 32 heavy (non-hydrogen) atoms. The van der Waals surface area contributed by atoms with Gasteiger partial charge in [-0.1, -0.05) is 0 Å². The fourth-order valence-corrected chi connectivity index (χ4v) is 3.74. The first-order valence-electron chi connectivity index (χ1n) is 9.69. The van der Waals surface area contributed by atoms with Crippen LogP contribution >= 0.6 is 0 Å². The van der Waals surface area contributed by atoms with Gasteiger partial charge in [-0.25, -0.2) is 28.1 Å². The zero-order valence-corrected chi connectivity index (χ0v) is 16.6. The van der Waals surface area contributed by atoms with Gasteiger partial charge >= 0.3 is 0 Å². The Hall–Kier alpha value is -3.67. The number of aromatic nitrogens is 4. The third kappa shape index (κ3) is 3.23. The molecule has 166 valence electrons. The molecule has 0 saturated carbocycles. The van der Waals surface area contributed by atoms with Gasteiger partial charge in [0.2, 0.25) is 17.5 Å². The van der Waals surface area contributed by atoms with Gasteiger partial charge in [-0.3, -0.25) is 4.79 Å². The summed E-state index contributed by atoms with van der Waals surface area (Å²) in [7, 11) is 0. The molecule has 0 spiro atoms. The molecule has 1 amide bonds. The van der Waals surface area contributed by atoms with Crippen molar-refractivity contribution >= 4 is 17.0 Å². The van der Waals surface area contributed by atoms with Crippen LogP contribution in [0.15, 0.2) is 33.4 Å². The quantitative estimate of drug-likeness (QED) is 0.491. The Morgan fingerprint density at radius 2 is 2.12 bits per heavy atom. The molecule has 5 rings (SSSR count). The van der Waals surface area contributed by atoms with Crippen LogP contribution in [0.25, 0.3) is 11.1 Å². The summed E-state index contributed by atoms with van der Waals surface area (Å²) in [6.07, 6.45) is -2.57. The number of hydrogen-bond acceptors (Lipinski definition) is 7. The summed E-state index contributed by atoms with van der Waals surface area (Å²) < 4.78 is 51.7. The molecule has 0 fully saturated rings. The number of H-pyrrole nitrogens is 1. The third-order valence-corrected chi connectivity index (χ3v) is 5.21. The summed E-state index contributed by atoms with van der Waals surface area (Å²) in [5.41, 5.74) is 0.812. The lowest BCUT2D eigenvalue weighted by Gasteiger charge is -2.32. The van der Waals surface area contributed by atoms with E-state index in [0.717, 1.165) is 5.69 Å². The van der Waals surface area contributed by atoms with E-state index in [0.29, 0.717) is 17.7 Å². The number of fused-ring (bicyclic) bond motifs is 2. The van der Waals surface area contributed by atoms with Crippen molar-refractivity contribution in [2.75, 3.05) is 6.54 Å². The Labute approximate surface area is 177 Å². The number of alkyl halides is 2. The number of carbonyl (C=O) groups is 1. The number of nitrogens with one attached hydrogen (secondary N) is 1. The molecule has 9 nitrogen and oxygen atoms in total. The van der Waals surface area contributed by atoms with Crippen LogP contribution in [0, 0.1) is 5.82 Å². The van der Waals surface area contributed by atoms with E-state index in [1.807, 2.05) is 0 Å². The minimum absolute atomic E-state index is 0.0425. The molecule has 0 unspecified atom stereocenters. The van der Waals surface area contributed by atoms with Crippen molar-refractivity contribution in [2.45, 2.75) is 31.9 Å². The van der Waals surface area contributed by atoms with Crippen molar-refractivity contribution in [3.8, 4) is 0 Å². The first kappa shape index (κ1) is 20.2. The van der Waals surface area contributed by atoms with E-state index in [2.05, 4.69) is 19.9 Å². The summed E-state index contributed by atoms with van der Waals surface area (Å²) >= 11 is 0. The molecule has 0 saturated heterocycles. The Balaban J connectivity index is 1.62. The number of aromatic amines is 1. The van der Waals surface area contributed by atoms with E-state index >= 15 is 0 Å². The van der Waals surface area contributed by atoms with Crippen LogP contribution in [0.2, 0.25) is 0 Å². The van der Waals surface area contributed by atoms with Crippen LogP contribution in [0.1, 0.15) is 64.9 Å². The van der Waals surface area contributed by atoms with Gasteiger partial charge in [0.1, 0.15) is 17.4 Å². The number of imidazole rings is 1. The standard InChI is InChI=1S/C20H16F3N5O4/c1-8(29)18-27-14(17(22)23)16(32-18)20(30)28-5-4-10-13(25-7-24-10)15(28)19-26-11-6-9(21)2-3-12(11)31-19/h2-3,6-8,15,17,29H,4-5H2,1H3,(H,24,25)/t8-,15-/m0/s1. The summed E-state index contributed by atoms with van der Waals surface area (Å²) in [6, 6.07) is 2.83. The summed E-state index contributed by atoms with van der Waals surface area (Å²) in [6.45, 7) is 1.39. The summed E-state index contributed by atoms with van der Waals surface area (Å²) in [5.74, 6) is -2.42. The highest BCUT2D eigenvalue weighted by Crippen LogP contribution is 2.37. The highest BCUT2D eigenvalue weighted by atomic mass is 19.3. The SMILES string of the molecule is C[C@H](O)c1nc(C(F)F)c(C(=O)N2CCc3[nH]cnc3[C@H]2c2nc3cc(F)ccc3o2)o1. The zero-order valence-electron chi connectivity index (χ0n) is 16.6. The maximum absolute atomic E-state index is 13.6. The van der Waals surface area contributed by atoms with Crippen LogP contribution in [0.5, 0.6) is 0 Å². The number of benzene rings is 1. The molecular weight excluding hydrogens is 431 g/mol. The fraction of sp³-hybridized carbons (Fsp3) is 0.300. The van der Waals surface area contributed by atoms with Gasteiger partial charge < -0.3 is 23.8 Å². The van der Waals surface area contributed by atoms with Crippen LogP contribution in [-0.2, 0) is 6.42 Å². The number of aliphatic hydroxyl groups excluding tert-OH is 1. The van der Waals surface area contributed by atoms with Crippen molar-refractivity contribution in [1.29, 1.82) is 0 Å². The number of aliphatic hydroxyl groups is 1. The Kier molecular flexibility index (Phi) is 4.73. The van der Waals surface area contributed by atoms with Gasteiger partial charge in [-0.15, -0.1) is 0 Å². The van der Waals surface area contributed by atoms with Gasteiger partial charge in [-0.2, -0.15) is 0 Å². The monoisotopic (exact) mass is 447 g/mol. The van der Waals surface area contributed by atoms with Crippen molar-refractivity contribution < 1.29 is 31.9 Å².